The largest absolute Gasteiger partial charge is 0.507 e. The summed E-state index contributed by atoms with van der Waals surface area (Å²) in [5, 5.41) is 30.5. The Labute approximate surface area is 187 Å². The van der Waals surface area contributed by atoms with Crippen LogP contribution in [0.25, 0.3) is 5.76 Å². The number of Topliss-reactive ketones (excluding diaryl/α,β-unsaturated/α-hetero) is 1. The summed E-state index contributed by atoms with van der Waals surface area (Å²) in [6.45, 7) is 0.0558. The summed E-state index contributed by atoms with van der Waals surface area (Å²) in [6.07, 6.45) is 1.20. The molecule has 1 aliphatic heterocycles. The Kier molecular flexibility index (Phi) is 7.17. The van der Waals surface area contributed by atoms with Gasteiger partial charge in [0, 0.05) is 36.2 Å². The van der Waals surface area contributed by atoms with E-state index in [-0.39, 0.29) is 35.4 Å². The molecule has 0 aliphatic carbocycles. The van der Waals surface area contributed by atoms with Crippen LogP contribution in [-0.2, 0) is 14.4 Å². The number of hydrogen-bond acceptors (Lipinski definition) is 6. The standard InChI is InChI=1S/C23H21FN2O7/c24-17-7-4-3-6-16(17)20-19(21(29)14-9-11-15(12-10-14)26(32)33)22(30)23(31)25(20)13-5-1-2-8-18(27)28/h3-4,6-7,9-12,20,29H,1-2,5,8,13H2,(H,27,28)/b21-19-. The fraction of sp³-hybridized carbons (Fsp3) is 0.261. The van der Waals surface area contributed by atoms with Crippen molar-refractivity contribution in [3.05, 3.63) is 81.2 Å². The van der Waals surface area contributed by atoms with Gasteiger partial charge in [-0.25, -0.2) is 4.39 Å². The minimum absolute atomic E-state index is 0.0192. The minimum Gasteiger partial charge on any atom is -0.507 e. The quantitative estimate of drug-likeness (QED) is 0.146. The first-order valence-corrected chi connectivity index (χ1v) is 10.2. The molecule has 2 aromatic carbocycles. The average molecular weight is 456 g/mol. The van der Waals surface area contributed by atoms with Crippen molar-refractivity contribution >= 4 is 29.1 Å². The Morgan fingerprint density at radius 2 is 1.70 bits per heavy atom. The van der Waals surface area contributed by atoms with Crippen molar-refractivity contribution in [1.29, 1.82) is 0 Å². The number of rotatable bonds is 9. The summed E-state index contributed by atoms with van der Waals surface area (Å²) in [5.41, 5.74) is -0.449. The zero-order valence-electron chi connectivity index (χ0n) is 17.4. The monoisotopic (exact) mass is 456 g/mol. The van der Waals surface area contributed by atoms with E-state index in [1.54, 1.807) is 0 Å². The van der Waals surface area contributed by atoms with Crippen LogP contribution in [0.2, 0.25) is 0 Å². The van der Waals surface area contributed by atoms with Crippen molar-refractivity contribution in [3.63, 3.8) is 0 Å². The third kappa shape index (κ3) is 5.05. The molecule has 1 atom stereocenters. The molecule has 0 radical (unpaired) electrons. The first kappa shape index (κ1) is 23.6. The number of likely N-dealkylation sites (tertiary alicyclic amines) is 1. The Morgan fingerprint density at radius 1 is 1.03 bits per heavy atom. The van der Waals surface area contributed by atoms with Crippen molar-refractivity contribution in [2.45, 2.75) is 31.7 Å². The van der Waals surface area contributed by atoms with Crippen LogP contribution in [0.3, 0.4) is 0 Å². The van der Waals surface area contributed by atoms with Crippen LogP contribution in [0.5, 0.6) is 0 Å². The number of unbranched alkanes of at least 4 members (excludes halogenated alkanes) is 2. The third-order valence-electron chi connectivity index (χ3n) is 5.38. The van der Waals surface area contributed by atoms with Crippen LogP contribution in [0.1, 0.15) is 42.9 Å². The number of benzene rings is 2. The van der Waals surface area contributed by atoms with Gasteiger partial charge in [0.2, 0.25) is 0 Å². The summed E-state index contributed by atoms with van der Waals surface area (Å²) in [6, 6.07) is 9.15. The molecule has 10 heteroatoms. The van der Waals surface area contributed by atoms with Crippen molar-refractivity contribution in [1.82, 2.24) is 4.90 Å². The fourth-order valence-corrected chi connectivity index (χ4v) is 3.76. The molecule has 9 nitrogen and oxygen atoms in total. The molecule has 3 rings (SSSR count). The molecule has 0 saturated carbocycles. The number of nitro groups is 1. The van der Waals surface area contributed by atoms with E-state index >= 15 is 0 Å². The van der Waals surface area contributed by atoms with E-state index in [4.69, 9.17) is 5.11 Å². The lowest BCUT2D eigenvalue weighted by Gasteiger charge is -2.25. The average Bonchev–Trinajstić information content (AvgIpc) is 3.03. The van der Waals surface area contributed by atoms with Crippen LogP contribution in [0.15, 0.2) is 54.1 Å². The molecule has 1 saturated heterocycles. The maximum Gasteiger partial charge on any atom is 0.303 e. The van der Waals surface area contributed by atoms with Gasteiger partial charge >= 0.3 is 5.97 Å². The van der Waals surface area contributed by atoms with E-state index in [0.717, 1.165) is 12.1 Å². The Hall–Kier alpha value is -4.08. The van der Waals surface area contributed by atoms with Crippen molar-refractivity contribution in [2.75, 3.05) is 6.54 Å². The number of aliphatic hydroxyl groups excluding tert-OH is 1. The number of aliphatic hydroxyl groups is 1. The van der Waals surface area contributed by atoms with Crippen LogP contribution in [0, 0.1) is 15.9 Å². The van der Waals surface area contributed by atoms with Crippen molar-refractivity contribution < 1.29 is 33.9 Å². The number of hydrogen-bond donors (Lipinski definition) is 2. The lowest BCUT2D eigenvalue weighted by molar-refractivity contribution is -0.384. The fourth-order valence-electron chi connectivity index (χ4n) is 3.76. The predicted octanol–water partition coefficient (Wildman–Crippen LogP) is 3.80. The zero-order chi connectivity index (χ0) is 24.1. The highest BCUT2D eigenvalue weighted by Gasteiger charge is 2.46. The summed E-state index contributed by atoms with van der Waals surface area (Å²) in [4.78, 5) is 47.8. The maximum absolute atomic E-state index is 14.7. The maximum atomic E-state index is 14.7. The molecule has 1 fully saturated rings. The van der Waals surface area contributed by atoms with Gasteiger partial charge in [-0.1, -0.05) is 24.6 Å². The third-order valence-corrected chi connectivity index (χ3v) is 5.38. The van der Waals surface area contributed by atoms with E-state index in [1.807, 2.05) is 0 Å². The summed E-state index contributed by atoms with van der Waals surface area (Å²) < 4.78 is 14.7. The molecule has 1 unspecified atom stereocenters. The molecule has 172 valence electrons. The van der Waals surface area contributed by atoms with Crippen LogP contribution in [0.4, 0.5) is 10.1 Å². The summed E-state index contributed by atoms with van der Waals surface area (Å²) in [5.74, 6) is -4.08. The topological polar surface area (TPSA) is 138 Å². The molecule has 2 N–H and O–H groups in total. The van der Waals surface area contributed by atoms with Gasteiger partial charge in [-0.2, -0.15) is 0 Å². The molecule has 1 heterocycles. The van der Waals surface area contributed by atoms with Crippen LogP contribution >= 0.6 is 0 Å². The SMILES string of the molecule is O=C(O)CCCCCN1C(=O)C(=O)/C(=C(\O)c2ccc([N+](=O)[O-])cc2)C1c1ccccc1F. The van der Waals surface area contributed by atoms with Crippen molar-refractivity contribution in [3.8, 4) is 0 Å². The van der Waals surface area contributed by atoms with Crippen LogP contribution in [-0.4, -0.2) is 44.2 Å². The molecule has 0 spiro atoms. The number of nitrogens with zero attached hydrogens (tertiary/aromatic N) is 2. The number of carbonyl (C=O) groups excluding carboxylic acids is 2. The molecule has 0 bridgehead atoms. The molecule has 33 heavy (non-hydrogen) atoms. The number of amides is 1. The van der Waals surface area contributed by atoms with Crippen molar-refractivity contribution in [2.24, 2.45) is 0 Å². The number of aliphatic carboxylic acids is 1. The van der Waals surface area contributed by atoms with E-state index in [0.29, 0.717) is 19.3 Å². The first-order chi connectivity index (χ1) is 15.7. The molecule has 1 aliphatic rings. The number of carbonyl (C=O) groups is 3. The number of ketones is 1. The van der Waals surface area contributed by atoms with Gasteiger partial charge in [-0.15, -0.1) is 0 Å². The van der Waals surface area contributed by atoms with E-state index in [1.165, 1.54) is 41.3 Å². The van der Waals surface area contributed by atoms with Gasteiger partial charge in [0.15, 0.2) is 0 Å². The van der Waals surface area contributed by atoms with Gasteiger partial charge in [-0.3, -0.25) is 24.5 Å². The minimum atomic E-state index is -1.19. The lowest BCUT2D eigenvalue weighted by Crippen LogP contribution is -2.31. The Balaban J connectivity index is 2.00. The lowest BCUT2D eigenvalue weighted by atomic mass is 9.94. The second-order valence-electron chi connectivity index (χ2n) is 7.52. The second-order valence-corrected chi connectivity index (χ2v) is 7.52. The number of carboxylic acid groups (broad SMARTS) is 1. The first-order valence-electron chi connectivity index (χ1n) is 10.2. The van der Waals surface area contributed by atoms with Gasteiger partial charge < -0.3 is 15.1 Å². The summed E-state index contributed by atoms with van der Waals surface area (Å²) in [7, 11) is 0. The normalized spacial score (nSPS) is 17.4. The molecular weight excluding hydrogens is 435 g/mol. The van der Waals surface area contributed by atoms with E-state index in [9.17, 15) is 34.0 Å². The number of carboxylic acids is 1. The highest BCUT2D eigenvalue weighted by molar-refractivity contribution is 6.46. The predicted molar refractivity (Wildman–Crippen MR) is 115 cm³/mol. The number of nitro benzene ring substituents is 1. The molecule has 0 aromatic heterocycles. The summed E-state index contributed by atoms with van der Waals surface area (Å²) >= 11 is 0. The van der Waals surface area contributed by atoms with Gasteiger partial charge in [0.25, 0.3) is 17.4 Å². The van der Waals surface area contributed by atoms with Gasteiger partial charge in [-0.05, 0) is 31.0 Å². The van der Waals surface area contributed by atoms with Gasteiger partial charge in [0.1, 0.15) is 11.6 Å². The van der Waals surface area contributed by atoms with Gasteiger partial charge in [0.05, 0.1) is 16.5 Å². The highest BCUT2D eigenvalue weighted by atomic mass is 19.1. The zero-order valence-corrected chi connectivity index (χ0v) is 17.4. The van der Waals surface area contributed by atoms with Crippen LogP contribution < -0.4 is 0 Å². The highest BCUT2D eigenvalue weighted by Crippen LogP contribution is 2.40. The van der Waals surface area contributed by atoms with E-state index < -0.39 is 40.2 Å². The smallest absolute Gasteiger partial charge is 0.303 e. The van der Waals surface area contributed by atoms with E-state index in [2.05, 4.69) is 0 Å². The Bertz CT molecular complexity index is 1130. The number of halogens is 1. The second kappa shape index (κ2) is 10.0. The molecule has 2 aromatic rings. The molecular formula is C23H21FN2O7. The Morgan fingerprint density at radius 3 is 2.30 bits per heavy atom. The molecule has 1 amide bonds. The number of non-ortho nitro benzene ring substituents is 1.